The zero-order valence-electron chi connectivity index (χ0n) is 13.7. The van der Waals surface area contributed by atoms with Crippen LogP contribution in [-0.4, -0.2) is 25.9 Å². The number of ether oxygens (including phenoxy) is 1. The molecule has 142 valence electrons. The molecule has 0 bridgehead atoms. The van der Waals surface area contributed by atoms with E-state index in [0.29, 0.717) is 10.6 Å². The van der Waals surface area contributed by atoms with E-state index < -0.39 is 27.5 Å². The van der Waals surface area contributed by atoms with E-state index in [-0.39, 0.29) is 11.4 Å². The predicted octanol–water partition coefficient (Wildman–Crippen LogP) is 2.25. The third kappa shape index (κ3) is 6.70. The highest BCUT2D eigenvalue weighted by Crippen LogP contribution is 2.25. The molecule has 27 heavy (non-hydrogen) atoms. The second kappa shape index (κ2) is 9.12. The molecule has 11 heteroatoms. The van der Waals surface area contributed by atoms with Crippen LogP contribution in [0.15, 0.2) is 53.9 Å². The number of para-hydroxylation sites is 2. The van der Waals surface area contributed by atoms with E-state index in [1.165, 1.54) is 30.3 Å². The van der Waals surface area contributed by atoms with Crippen molar-refractivity contribution in [2.75, 3.05) is 6.61 Å². The maximum absolute atomic E-state index is 11.8. The van der Waals surface area contributed by atoms with Gasteiger partial charge < -0.3 is 4.74 Å². The lowest BCUT2D eigenvalue weighted by molar-refractivity contribution is -0.385. The Morgan fingerprint density at radius 1 is 1.19 bits per heavy atom. The number of amides is 1. The molecule has 2 aromatic rings. The average Bonchev–Trinajstić information content (AvgIpc) is 2.64. The standard InChI is InChI=1S/C16H14ClN3O6S/c17-13-7-5-12(6-8-13)9-10-27(24,25)19-18-16(21)11-26-15-4-2-1-3-14(15)20(22)23/h1-10,19H,11H2,(H,18,21)/b10-9+. The van der Waals surface area contributed by atoms with Crippen LogP contribution in [0.2, 0.25) is 5.02 Å². The largest absolute Gasteiger partial charge is 0.477 e. The molecule has 0 aliphatic carbocycles. The van der Waals surface area contributed by atoms with Crippen molar-refractivity contribution >= 4 is 39.3 Å². The van der Waals surface area contributed by atoms with Gasteiger partial charge in [0.05, 0.1) is 4.92 Å². The van der Waals surface area contributed by atoms with Crippen LogP contribution in [0.25, 0.3) is 6.08 Å². The predicted molar refractivity (Wildman–Crippen MR) is 99.3 cm³/mol. The lowest BCUT2D eigenvalue weighted by Gasteiger charge is -2.08. The summed E-state index contributed by atoms with van der Waals surface area (Å²) in [6, 6.07) is 11.9. The fourth-order valence-corrected chi connectivity index (χ4v) is 2.60. The number of hydrogen-bond acceptors (Lipinski definition) is 6. The van der Waals surface area contributed by atoms with Gasteiger partial charge in [0, 0.05) is 16.5 Å². The van der Waals surface area contributed by atoms with Crippen LogP contribution in [-0.2, 0) is 14.8 Å². The molecule has 0 aliphatic rings. The molecule has 0 unspecified atom stereocenters. The summed E-state index contributed by atoms with van der Waals surface area (Å²) in [4.78, 5) is 23.7. The molecule has 1 amide bonds. The molecule has 0 fully saturated rings. The molecular formula is C16H14ClN3O6S. The molecule has 2 rings (SSSR count). The smallest absolute Gasteiger partial charge is 0.310 e. The monoisotopic (exact) mass is 411 g/mol. The number of nitro groups is 1. The van der Waals surface area contributed by atoms with Crippen molar-refractivity contribution < 1.29 is 22.9 Å². The van der Waals surface area contributed by atoms with Gasteiger partial charge in [0.25, 0.3) is 15.9 Å². The van der Waals surface area contributed by atoms with Gasteiger partial charge >= 0.3 is 5.69 Å². The van der Waals surface area contributed by atoms with Crippen LogP contribution in [0.3, 0.4) is 0 Å². The molecule has 0 atom stereocenters. The quantitative estimate of drug-likeness (QED) is 0.506. The fourth-order valence-electron chi connectivity index (χ4n) is 1.81. The first-order chi connectivity index (χ1) is 12.8. The Kier molecular flexibility index (Phi) is 6.88. The third-order valence-corrected chi connectivity index (χ3v) is 4.20. The Balaban J connectivity index is 1.87. The zero-order valence-corrected chi connectivity index (χ0v) is 15.2. The second-order valence-corrected chi connectivity index (χ2v) is 7.07. The van der Waals surface area contributed by atoms with E-state index in [1.807, 2.05) is 10.3 Å². The highest BCUT2D eigenvalue weighted by atomic mass is 35.5. The van der Waals surface area contributed by atoms with Crippen molar-refractivity contribution in [1.29, 1.82) is 0 Å². The summed E-state index contributed by atoms with van der Waals surface area (Å²) >= 11 is 5.74. The highest BCUT2D eigenvalue weighted by Gasteiger charge is 2.15. The van der Waals surface area contributed by atoms with Crippen molar-refractivity contribution in [3.8, 4) is 5.75 Å². The SMILES string of the molecule is O=C(COc1ccccc1[N+](=O)[O-])NNS(=O)(=O)/C=C/c1ccc(Cl)cc1. The van der Waals surface area contributed by atoms with Crippen molar-refractivity contribution in [1.82, 2.24) is 10.3 Å². The van der Waals surface area contributed by atoms with Gasteiger partial charge in [0.15, 0.2) is 12.4 Å². The summed E-state index contributed by atoms with van der Waals surface area (Å²) in [6.45, 7) is -0.617. The van der Waals surface area contributed by atoms with Crippen LogP contribution < -0.4 is 15.0 Å². The Bertz CT molecular complexity index is 960. The minimum atomic E-state index is -3.95. The zero-order chi connectivity index (χ0) is 19.9. The van der Waals surface area contributed by atoms with Crippen LogP contribution in [0.4, 0.5) is 5.69 Å². The van der Waals surface area contributed by atoms with Crippen LogP contribution >= 0.6 is 11.6 Å². The summed E-state index contributed by atoms with van der Waals surface area (Å²) in [5.41, 5.74) is 2.23. The van der Waals surface area contributed by atoms with Crippen LogP contribution in [0.5, 0.6) is 5.75 Å². The van der Waals surface area contributed by atoms with Gasteiger partial charge in [0.2, 0.25) is 0 Å². The van der Waals surface area contributed by atoms with Crippen molar-refractivity contribution in [3.63, 3.8) is 0 Å². The molecule has 0 heterocycles. The first-order valence-corrected chi connectivity index (χ1v) is 9.30. The minimum absolute atomic E-state index is 0.108. The number of rotatable bonds is 8. The number of nitrogens with zero attached hydrogens (tertiary/aromatic N) is 1. The topological polar surface area (TPSA) is 128 Å². The number of nitrogens with one attached hydrogen (secondary N) is 2. The highest BCUT2D eigenvalue weighted by molar-refractivity contribution is 7.92. The van der Waals surface area contributed by atoms with E-state index in [4.69, 9.17) is 16.3 Å². The summed E-state index contributed by atoms with van der Waals surface area (Å²) < 4.78 is 28.7. The Labute approximate surface area is 159 Å². The van der Waals surface area contributed by atoms with Crippen molar-refractivity contribution in [2.24, 2.45) is 0 Å². The lowest BCUT2D eigenvalue weighted by atomic mass is 10.2. The van der Waals surface area contributed by atoms with E-state index in [2.05, 4.69) is 0 Å². The maximum Gasteiger partial charge on any atom is 0.310 e. The number of halogens is 1. The number of benzene rings is 2. The Morgan fingerprint density at radius 3 is 2.52 bits per heavy atom. The second-order valence-electron chi connectivity index (χ2n) is 5.06. The van der Waals surface area contributed by atoms with Gasteiger partial charge in [-0.15, -0.1) is 4.83 Å². The minimum Gasteiger partial charge on any atom is -0.477 e. The number of hydrazine groups is 1. The van der Waals surface area contributed by atoms with Gasteiger partial charge in [0.1, 0.15) is 0 Å². The molecular weight excluding hydrogens is 398 g/mol. The Morgan fingerprint density at radius 2 is 1.85 bits per heavy atom. The van der Waals surface area contributed by atoms with Gasteiger partial charge in [-0.1, -0.05) is 35.9 Å². The molecule has 9 nitrogen and oxygen atoms in total. The molecule has 2 N–H and O–H groups in total. The third-order valence-electron chi connectivity index (χ3n) is 3.06. The maximum atomic E-state index is 11.8. The molecule has 2 aromatic carbocycles. The lowest BCUT2D eigenvalue weighted by Crippen LogP contribution is -2.42. The van der Waals surface area contributed by atoms with E-state index in [9.17, 15) is 23.3 Å². The molecule has 0 saturated carbocycles. The van der Waals surface area contributed by atoms with Gasteiger partial charge in [-0.05, 0) is 29.8 Å². The van der Waals surface area contributed by atoms with Gasteiger partial charge in [-0.25, -0.2) is 8.42 Å². The molecule has 0 radical (unpaired) electrons. The van der Waals surface area contributed by atoms with Crippen LogP contribution in [0, 0.1) is 10.1 Å². The van der Waals surface area contributed by atoms with Crippen molar-refractivity contribution in [3.05, 3.63) is 74.6 Å². The first-order valence-electron chi connectivity index (χ1n) is 7.37. The van der Waals surface area contributed by atoms with E-state index >= 15 is 0 Å². The molecule has 0 aromatic heterocycles. The molecule has 0 saturated heterocycles. The van der Waals surface area contributed by atoms with E-state index in [1.54, 1.807) is 24.3 Å². The number of hydrogen-bond donors (Lipinski definition) is 2. The van der Waals surface area contributed by atoms with Crippen LogP contribution in [0.1, 0.15) is 5.56 Å². The summed E-state index contributed by atoms with van der Waals surface area (Å²) in [5.74, 6) is -0.945. The summed E-state index contributed by atoms with van der Waals surface area (Å²) in [6.07, 6.45) is 1.31. The van der Waals surface area contributed by atoms with Crippen molar-refractivity contribution in [2.45, 2.75) is 0 Å². The number of carbonyl (C=O) groups excluding carboxylic acids is 1. The fraction of sp³-hybridized carbons (Fsp3) is 0.0625. The number of sulfonamides is 1. The van der Waals surface area contributed by atoms with Gasteiger partial charge in [-0.2, -0.15) is 0 Å². The Hall–Kier alpha value is -2.95. The summed E-state index contributed by atoms with van der Waals surface area (Å²) in [5, 5.41) is 12.2. The number of nitro benzene ring substituents is 1. The van der Waals surface area contributed by atoms with Gasteiger partial charge in [-0.3, -0.25) is 20.3 Å². The first kappa shape index (κ1) is 20.4. The number of carbonyl (C=O) groups is 1. The molecule has 0 aliphatic heterocycles. The van der Waals surface area contributed by atoms with E-state index in [0.717, 1.165) is 5.41 Å². The normalized spacial score (nSPS) is 11.3. The average molecular weight is 412 g/mol. The molecule has 0 spiro atoms. The summed E-state index contributed by atoms with van der Waals surface area (Å²) in [7, 11) is -3.95.